The van der Waals surface area contributed by atoms with E-state index in [1.54, 1.807) is 0 Å². The normalized spacial score (nSPS) is 12.3. The van der Waals surface area contributed by atoms with E-state index in [1.807, 2.05) is 6.92 Å². The lowest BCUT2D eigenvalue weighted by molar-refractivity contribution is -0.126. The molecular weight excluding hydrogens is 404 g/mol. The van der Waals surface area contributed by atoms with Crippen molar-refractivity contribution >= 4 is 25.3 Å². The van der Waals surface area contributed by atoms with Gasteiger partial charge in [0, 0.05) is 13.0 Å². The average molecular weight is 433 g/mol. The van der Waals surface area contributed by atoms with E-state index in [1.165, 1.54) is 6.07 Å². The van der Waals surface area contributed by atoms with Crippen LogP contribution < -0.4 is 20.9 Å². The molecule has 0 fully saturated rings. The predicted molar refractivity (Wildman–Crippen MR) is 107 cm³/mol. The SMILES string of the molecule is CCCCNC(=O)C(F)c1ccc(OP(=O)(O)O)c(NC(=O)CCCCCN)c1. The minimum atomic E-state index is -4.90. The van der Waals surface area contributed by atoms with Crippen LogP contribution in [0.15, 0.2) is 18.2 Å². The topological polar surface area (TPSA) is 151 Å². The molecule has 29 heavy (non-hydrogen) atoms. The number of hydrogen-bond donors (Lipinski definition) is 5. The Bertz CT molecular complexity index is 728. The van der Waals surface area contributed by atoms with Gasteiger partial charge in [-0.2, -0.15) is 0 Å². The highest BCUT2D eigenvalue weighted by Crippen LogP contribution is 2.42. The Kier molecular flexibility index (Phi) is 10.8. The Balaban J connectivity index is 2.95. The van der Waals surface area contributed by atoms with E-state index >= 15 is 0 Å². The third-order valence-corrected chi connectivity index (χ3v) is 4.39. The van der Waals surface area contributed by atoms with Crippen molar-refractivity contribution in [1.29, 1.82) is 0 Å². The van der Waals surface area contributed by atoms with Crippen LogP contribution in [-0.4, -0.2) is 34.7 Å². The molecule has 1 unspecified atom stereocenters. The second-order valence-electron chi connectivity index (χ2n) is 6.49. The van der Waals surface area contributed by atoms with Crippen molar-refractivity contribution in [2.24, 2.45) is 5.73 Å². The number of phosphoric acid groups is 1. The summed E-state index contributed by atoms with van der Waals surface area (Å²) in [6.45, 7) is 2.79. The smallest absolute Gasteiger partial charge is 0.402 e. The fraction of sp³-hybridized carbons (Fsp3) is 0.556. The number of anilines is 1. The molecule has 0 aliphatic carbocycles. The van der Waals surface area contributed by atoms with Crippen LogP contribution in [0.25, 0.3) is 0 Å². The van der Waals surface area contributed by atoms with Gasteiger partial charge in [0.2, 0.25) is 12.1 Å². The first-order valence-corrected chi connectivity index (χ1v) is 11.0. The number of amides is 2. The second-order valence-corrected chi connectivity index (χ2v) is 7.66. The van der Waals surface area contributed by atoms with Crippen LogP contribution in [0.3, 0.4) is 0 Å². The Hall–Kier alpha value is -2.00. The van der Waals surface area contributed by atoms with E-state index in [0.717, 1.165) is 31.4 Å². The minimum Gasteiger partial charge on any atom is -0.402 e. The van der Waals surface area contributed by atoms with Gasteiger partial charge in [0.1, 0.15) is 0 Å². The van der Waals surface area contributed by atoms with Gasteiger partial charge in [-0.05, 0) is 43.5 Å². The summed E-state index contributed by atoms with van der Waals surface area (Å²) < 4.78 is 30.2. The van der Waals surface area contributed by atoms with E-state index in [2.05, 4.69) is 15.2 Å². The maximum atomic E-state index is 14.5. The lowest BCUT2D eigenvalue weighted by Gasteiger charge is -2.16. The van der Waals surface area contributed by atoms with Crippen LogP contribution in [0.1, 0.15) is 57.2 Å². The summed E-state index contributed by atoms with van der Waals surface area (Å²) in [4.78, 5) is 42.1. The zero-order valence-corrected chi connectivity index (χ0v) is 17.3. The standard InChI is InChI=1S/C18H29FN3O6P/c1-2-3-11-21-18(24)17(19)13-8-9-15(28-29(25,26)27)14(12-13)22-16(23)7-5-4-6-10-20/h8-9,12,17H,2-7,10-11,20H2,1H3,(H,21,24)(H,22,23)(H2,25,26,27). The summed E-state index contributed by atoms with van der Waals surface area (Å²) in [6.07, 6.45) is 1.79. The molecule has 0 saturated heterocycles. The summed E-state index contributed by atoms with van der Waals surface area (Å²) >= 11 is 0. The molecule has 0 aliphatic heterocycles. The first-order valence-electron chi connectivity index (χ1n) is 9.48. The number of alkyl halides is 1. The van der Waals surface area contributed by atoms with E-state index in [9.17, 15) is 18.5 Å². The molecule has 1 rings (SSSR count). The van der Waals surface area contributed by atoms with Crippen molar-refractivity contribution in [3.05, 3.63) is 23.8 Å². The fourth-order valence-electron chi connectivity index (χ4n) is 2.46. The molecule has 0 aromatic heterocycles. The van der Waals surface area contributed by atoms with Gasteiger partial charge >= 0.3 is 7.82 Å². The average Bonchev–Trinajstić information content (AvgIpc) is 2.65. The zero-order valence-electron chi connectivity index (χ0n) is 16.4. The molecule has 1 aromatic carbocycles. The number of nitrogens with two attached hydrogens (primary N) is 1. The van der Waals surface area contributed by atoms with Gasteiger partial charge in [-0.1, -0.05) is 25.8 Å². The Morgan fingerprint density at radius 3 is 2.59 bits per heavy atom. The number of rotatable bonds is 13. The molecule has 2 amide bonds. The summed E-state index contributed by atoms with van der Waals surface area (Å²) in [6, 6.07) is 3.41. The molecular formula is C18H29FN3O6P. The van der Waals surface area contributed by atoms with Gasteiger partial charge in [0.25, 0.3) is 5.91 Å². The molecule has 0 spiro atoms. The van der Waals surface area contributed by atoms with Crippen molar-refractivity contribution in [1.82, 2.24) is 5.32 Å². The number of nitrogens with one attached hydrogen (secondary N) is 2. The van der Waals surface area contributed by atoms with Crippen molar-refractivity contribution in [2.45, 2.75) is 51.6 Å². The van der Waals surface area contributed by atoms with Crippen molar-refractivity contribution in [3.63, 3.8) is 0 Å². The fourth-order valence-corrected chi connectivity index (χ4v) is 2.87. The van der Waals surface area contributed by atoms with Crippen LogP contribution in [-0.2, 0) is 14.2 Å². The van der Waals surface area contributed by atoms with Crippen LogP contribution in [0, 0.1) is 0 Å². The summed E-state index contributed by atoms with van der Waals surface area (Å²) in [5.74, 6) is -1.59. The predicted octanol–water partition coefficient (Wildman–Crippen LogP) is 2.54. The van der Waals surface area contributed by atoms with Gasteiger partial charge in [-0.15, -0.1) is 0 Å². The maximum absolute atomic E-state index is 14.5. The van der Waals surface area contributed by atoms with Crippen molar-refractivity contribution in [3.8, 4) is 5.75 Å². The quantitative estimate of drug-likeness (QED) is 0.237. The molecule has 164 valence electrons. The van der Waals surface area contributed by atoms with E-state index in [0.29, 0.717) is 25.9 Å². The first kappa shape index (κ1) is 25.0. The maximum Gasteiger partial charge on any atom is 0.524 e. The first-order chi connectivity index (χ1) is 13.7. The Labute approximate surface area is 169 Å². The van der Waals surface area contributed by atoms with Gasteiger partial charge in [-0.3, -0.25) is 19.4 Å². The van der Waals surface area contributed by atoms with Gasteiger partial charge in [0.15, 0.2) is 5.75 Å². The summed E-state index contributed by atoms with van der Waals surface area (Å²) in [7, 11) is -4.90. The number of carbonyl (C=O) groups is 2. The Morgan fingerprint density at radius 2 is 1.97 bits per heavy atom. The number of carbonyl (C=O) groups excluding carboxylic acids is 2. The highest BCUT2D eigenvalue weighted by atomic mass is 31.2. The lowest BCUT2D eigenvalue weighted by atomic mass is 10.1. The number of phosphoric ester groups is 1. The molecule has 0 saturated carbocycles. The summed E-state index contributed by atoms with van der Waals surface area (Å²) in [5, 5.41) is 4.93. The molecule has 11 heteroatoms. The highest BCUT2D eigenvalue weighted by molar-refractivity contribution is 7.46. The lowest BCUT2D eigenvalue weighted by Crippen LogP contribution is -2.28. The minimum absolute atomic E-state index is 0.0736. The van der Waals surface area contributed by atoms with Crippen LogP contribution in [0.2, 0.25) is 0 Å². The van der Waals surface area contributed by atoms with Crippen LogP contribution in [0.5, 0.6) is 5.75 Å². The zero-order chi connectivity index (χ0) is 21.9. The van der Waals surface area contributed by atoms with Gasteiger partial charge in [-0.25, -0.2) is 8.96 Å². The van der Waals surface area contributed by atoms with Crippen LogP contribution in [0.4, 0.5) is 10.1 Å². The molecule has 0 radical (unpaired) electrons. The molecule has 1 aromatic rings. The van der Waals surface area contributed by atoms with Crippen molar-refractivity contribution < 1.29 is 32.9 Å². The largest absolute Gasteiger partial charge is 0.524 e. The number of halogens is 1. The van der Waals surface area contributed by atoms with E-state index in [-0.39, 0.29) is 23.4 Å². The molecule has 0 bridgehead atoms. The molecule has 9 nitrogen and oxygen atoms in total. The molecule has 6 N–H and O–H groups in total. The second kappa shape index (κ2) is 12.5. The monoisotopic (exact) mass is 433 g/mol. The van der Waals surface area contributed by atoms with E-state index in [4.69, 9.17) is 15.5 Å². The van der Waals surface area contributed by atoms with E-state index < -0.39 is 25.8 Å². The van der Waals surface area contributed by atoms with Gasteiger partial charge in [0.05, 0.1) is 5.69 Å². The third kappa shape index (κ3) is 9.85. The van der Waals surface area contributed by atoms with Crippen molar-refractivity contribution in [2.75, 3.05) is 18.4 Å². The molecule has 1 atom stereocenters. The number of unbranched alkanes of at least 4 members (excludes halogenated alkanes) is 3. The Morgan fingerprint density at radius 1 is 1.24 bits per heavy atom. The number of hydrogen-bond acceptors (Lipinski definition) is 5. The summed E-state index contributed by atoms with van der Waals surface area (Å²) in [5.41, 5.74) is 5.20. The third-order valence-electron chi connectivity index (χ3n) is 3.96. The molecule has 0 heterocycles. The van der Waals surface area contributed by atoms with Crippen LogP contribution >= 0.6 is 7.82 Å². The molecule has 0 aliphatic rings. The number of benzene rings is 1. The highest BCUT2D eigenvalue weighted by Gasteiger charge is 2.24. The van der Waals surface area contributed by atoms with Gasteiger partial charge < -0.3 is 20.9 Å².